The first-order valence-electron chi connectivity index (χ1n) is 8.74. The van der Waals surface area contributed by atoms with Gasteiger partial charge in [0.2, 0.25) is 5.65 Å². The monoisotopic (exact) mass is 450 g/mol. The molecule has 28 heavy (non-hydrogen) atoms. The number of nitrogen functional groups attached to an aromatic ring is 1. The van der Waals surface area contributed by atoms with E-state index in [0.29, 0.717) is 11.5 Å². The van der Waals surface area contributed by atoms with Crippen molar-refractivity contribution in [2.45, 2.75) is 12.3 Å². The van der Waals surface area contributed by atoms with E-state index in [1.807, 2.05) is 36.4 Å². The van der Waals surface area contributed by atoms with Gasteiger partial charge in [0, 0.05) is 16.8 Å². The van der Waals surface area contributed by atoms with Crippen molar-refractivity contribution in [1.82, 2.24) is 25.4 Å². The number of pyridine rings is 1. The van der Waals surface area contributed by atoms with Crippen LogP contribution in [-0.2, 0) is 6.42 Å². The van der Waals surface area contributed by atoms with Crippen LogP contribution in [0.25, 0.3) is 21.4 Å². The molecule has 0 amide bonds. The molecule has 0 saturated heterocycles. The van der Waals surface area contributed by atoms with Crippen LogP contribution >= 0.6 is 27.3 Å². The van der Waals surface area contributed by atoms with E-state index in [1.165, 1.54) is 5.56 Å². The molecule has 2 aromatic carbocycles. The van der Waals surface area contributed by atoms with Crippen molar-refractivity contribution in [3.63, 3.8) is 0 Å². The molecule has 0 saturated carbocycles. The highest BCUT2D eigenvalue weighted by Gasteiger charge is 2.22. The number of benzene rings is 2. The molecule has 0 bridgehead atoms. The lowest BCUT2D eigenvalue weighted by atomic mass is 9.88. The Kier molecular flexibility index (Phi) is 4.29. The fourth-order valence-electron chi connectivity index (χ4n) is 3.45. The molecule has 5 rings (SSSR count). The Hall–Kier alpha value is -2.84. The summed E-state index contributed by atoms with van der Waals surface area (Å²) in [5.41, 5.74) is 10.5. The minimum absolute atomic E-state index is 0.0445. The molecule has 138 valence electrons. The van der Waals surface area contributed by atoms with Crippen molar-refractivity contribution in [3.8, 4) is 0 Å². The summed E-state index contributed by atoms with van der Waals surface area (Å²) in [5, 5.41) is 12.2. The third-order valence-electron chi connectivity index (χ3n) is 4.69. The molecule has 1 atom stereocenters. The second-order valence-corrected chi connectivity index (χ2v) is 8.55. The lowest BCUT2D eigenvalue weighted by Gasteiger charge is -2.17. The van der Waals surface area contributed by atoms with Gasteiger partial charge < -0.3 is 5.73 Å². The van der Waals surface area contributed by atoms with Crippen LogP contribution in [0.3, 0.4) is 0 Å². The topological polar surface area (TPSA) is 93.4 Å². The molecule has 0 radical (unpaired) electrons. The van der Waals surface area contributed by atoms with E-state index >= 15 is 0 Å². The number of aromatic amines is 1. The Bertz CT molecular complexity index is 1280. The summed E-state index contributed by atoms with van der Waals surface area (Å²) < 4.78 is 2.22. The van der Waals surface area contributed by atoms with E-state index in [-0.39, 0.29) is 5.92 Å². The smallest absolute Gasteiger partial charge is 0.203 e. The van der Waals surface area contributed by atoms with Crippen LogP contribution in [0.2, 0.25) is 0 Å². The van der Waals surface area contributed by atoms with E-state index in [4.69, 9.17) is 10.7 Å². The van der Waals surface area contributed by atoms with Gasteiger partial charge in [0.05, 0.1) is 15.2 Å². The van der Waals surface area contributed by atoms with Gasteiger partial charge in [-0.25, -0.2) is 9.97 Å². The lowest BCUT2D eigenvalue weighted by molar-refractivity contribution is 0.803. The molecular formula is C20H15BrN6S. The summed E-state index contributed by atoms with van der Waals surface area (Å²) in [5.74, 6) is 0.480. The van der Waals surface area contributed by atoms with Crippen molar-refractivity contribution in [3.05, 3.63) is 75.2 Å². The van der Waals surface area contributed by atoms with Crippen molar-refractivity contribution in [2.75, 3.05) is 5.73 Å². The molecule has 0 aliphatic heterocycles. The first-order valence-corrected chi connectivity index (χ1v) is 10.3. The zero-order valence-electron chi connectivity index (χ0n) is 14.6. The predicted octanol–water partition coefficient (Wildman–Crippen LogP) is 4.68. The van der Waals surface area contributed by atoms with Crippen LogP contribution < -0.4 is 5.73 Å². The third-order valence-corrected chi connectivity index (χ3v) is 6.23. The molecule has 8 heteroatoms. The number of aromatic nitrogens is 5. The summed E-state index contributed by atoms with van der Waals surface area (Å²) >= 11 is 5.24. The number of nitrogens with two attached hydrogens (primary N) is 1. The summed E-state index contributed by atoms with van der Waals surface area (Å²) in [6.07, 6.45) is 0.742. The highest BCUT2D eigenvalue weighted by molar-refractivity contribution is 9.10. The molecule has 3 heterocycles. The molecule has 3 aromatic heterocycles. The molecular weight excluding hydrogens is 436 g/mol. The Balaban J connectivity index is 1.65. The first kappa shape index (κ1) is 17.3. The average Bonchev–Trinajstić information content (AvgIpc) is 3.32. The Labute approximate surface area is 173 Å². The van der Waals surface area contributed by atoms with Crippen molar-refractivity contribution in [1.29, 1.82) is 0 Å². The molecule has 0 fully saturated rings. The van der Waals surface area contributed by atoms with Gasteiger partial charge in [-0.2, -0.15) is 10.3 Å². The molecule has 0 aliphatic carbocycles. The maximum Gasteiger partial charge on any atom is 0.203 e. The summed E-state index contributed by atoms with van der Waals surface area (Å²) in [4.78, 5) is 9.12. The zero-order valence-corrected chi connectivity index (χ0v) is 17.0. The van der Waals surface area contributed by atoms with E-state index in [0.717, 1.165) is 37.2 Å². The molecule has 0 spiro atoms. The minimum atomic E-state index is 0.0445. The summed E-state index contributed by atoms with van der Waals surface area (Å²) in [7, 11) is 0. The zero-order chi connectivity index (χ0) is 19.1. The maximum atomic E-state index is 6.06. The minimum Gasteiger partial charge on any atom is -0.384 e. The van der Waals surface area contributed by atoms with E-state index in [9.17, 15) is 0 Å². The molecule has 6 nitrogen and oxygen atoms in total. The number of fused-ring (bicyclic) bond motifs is 2. The second-order valence-electron chi connectivity index (χ2n) is 6.52. The molecule has 0 aliphatic rings. The normalized spacial score (nSPS) is 12.6. The number of H-pyrrole nitrogens is 1. The third kappa shape index (κ3) is 3.14. The quantitative estimate of drug-likeness (QED) is 0.414. The first-order chi connectivity index (χ1) is 13.7. The summed E-state index contributed by atoms with van der Waals surface area (Å²) in [6, 6.07) is 18.4. The number of anilines is 1. The highest BCUT2D eigenvalue weighted by atomic mass is 79.9. The van der Waals surface area contributed by atoms with Crippen LogP contribution in [0.15, 0.2) is 59.1 Å². The van der Waals surface area contributed by atoms with Crippen LogP contribution in [-0.4, -0.2) is 25.4 Å². The average molecular weight is 451 g/mol. The molecule has 5 aromatic rings. The van der Waals surface area contributed by atoms with Gasteiger partial charge in [-0.05, 0) is 35.4 Å². The van der Waals surface area contributed by atoms with E-state index < -0.39 is 0 Å². The van der Waals surface area contributed by atoms with Gasteiger partial charge in [0.25, 0.3) is 0 Å². The largest absolute Gasteiger partial charge is 0.384 e. The number of nitrogens with zero attached hydrogens (tertiary/aromatic N) is 4. The lowest BCUT2D eigenvalue weighted by Crippen LogP contribution is -2.07. The maximum absolute atomic E-state index is 6.06. The van der Waals surface area contributed by atoms with E-state index in [1.54, 1.807) is 11.3 Å². The van der Waals surface area contributed by atoms with Crippen LogP contribution in [0.1, 0.15) is 22.1 Å². The van der Waals surface area contributed by atoms with Gasteiger partial charge in [-0.3, -0.25) is 0 Å². The molecule has 3 N–H and O–H groups in total. The van der Waals surface area contributed by atoms with Crippen molar-refractivity contribution < 1.29 is 0 Å². The summed E-state index contributed by atoms with van der Waals surface area (Å²) in [6.45, 7) is 0. The van der Waals surface area contributed by atoms with Crippen LogP contribution in [0.4, 0.5) is 5.82 Å². The van der Waals surface area contributed by atoms with E-state index in [2.05, 4.69) is 54.5 Å². The van der Waals surface area contributed by atoms with Gasteiger partial charge in [-0.1, -0.05) is 46.3 Å². The number of thiazole rings is 1. The Morgan fingerprint density at radius 2 is 1.89 bits per heavy atom. The predicted molar refractivity (Wildman–Crippen MR) is 115 cm³/mol. The standard InChI is InChI=1S/C20H15BrN6S/c21-12-6-7-15-16(8-12)28-18(23-15)10-13(11-4-2-1-3-5-11)14-9-17(22)24-20-19(14)25-27-26-20/h1-9,13H,10H2,(H3,22,24,25,26,27). The number of halogens is 1. The Morgan fingerprint density at radius 3 is 2.75 bits per heavy atom. The fraction of sp³-hybridized carbons (Fsp3) is 0.100. The number of hydrogen-bond donors (Lipinski definition) is 2. The van der Waals surface area contributed by atoms with Gasteiger partial charge in [0.15, 0.2) is 0 Å². The second kappa shape index (κ2) is 6.96. The van der Waals surface area contributed by atoms with Crippen molar-refractivity contribution in [2.24, 2.45) is 0 Å². The Morgan fingerprint density at radius 1 is 1.04 bits per heavy atom. The SMILES string of the molecule is Nc1cc(C(Cc2nc3ccc(Br)cc3s2)c2ccccc2)c2n[nH]nc2n1. The number of rotatable bonds is 4. The number of nitrogens with one attached hydrogen (secondary N) is 1. The van der Waals surface area contributed by atoms with Gasteiger partial charge in [0.1, 0.15) is 11.3 Å². The van der Waals surface area contributed by atoms with Crippen LogP contribution in [0, 0.1) is 0 Å². The van der Waals surface area contributed by atoms with Crippen molar-refractivity contribution >= 4 is 54.5 Å². The van der Waals surface area contributed by atoms with Crippen LogP contribution in [0.5, 0.6) is 0 Å². The molecule has 1 unspecified atom stereocenters. The number of hydrogen-bond acceptors (Lipinski definition) is 6. The fourth-order valence-corrected chi connectivity index (χ4v) is 5.01. The van der Waals surface area contributed by atoms with Gasteiger partial charge >= 0.3 is 0 Å². The highest BCUT2D eigenvalue weighted by Crippen LogP contribution is 2.35. The van der Waals surface area contributed by atoms with Gasteiger partial charge in [-0.15, -0.1) is 16.4 Å².